The van der Waals surface area contributed by atoms with E-state index in [4.69, 9.17) is 11.2 Å². The summed E-state index contributed by atoms with van der Waals surface area (Å²) < 4.78 is 5.94. The van der Waals surface area contributed by atoms with Crippen LogP contribution in [0.25, 0.3) is 0 Å². The second kappa shape index (κ2) is 10.1. The highest BCUT2D eigenvalue weighted by Gasteiger charge is 2.38. The van der Waals surface area contributed by atoms with E-state index in [9.17, 15) is 4.79 Å². The maximum atomic E-state index is 13.1. The standard InChI is InChI=1S/C30H29O2S/c1-4-30(3,28-18-12-11-13-23(28)2)32-29(31)24-19-21-27(22-20-24)33(25-14-7-5-8-15-25)26-16-9-6-10-17-26/h1,5-10,13-17,19-22,28H,11-12,18H2,2-3H3/q+1. The Morgan fingerprint density at radius 2 is 1.48 bits per heavy atom. The van der Waals surface area contributed by atoms with Crippen molar-refractivity contribution in [3.05, 3.63) is 102 Å². The molecule has 0 radical (unpaired) electrons. The maximum absolute atomic E-state index is 13.1. The lowest BCUT2D eigenvalue weighted by Crippen LogP contribution is -2.40. The van der Waals surface area contributed by atoms with E-state index in [-0.39, 0.29) is 22.8 Å². The minimum atomic E-state index is -0.949. The van der Waals surface area contributed by atoms with Gasteiger partial charge in [0.05, 0.1) is 16.5 Å². The molecule has 166 valence electrons. The fourth-order valence-corrected chi connectivity index (χ4v) is 6.52. The predicted octanol–water partition coefficient (Wildman–Crippen LogP) is 7.08. The van der Waals surface area contributed by atoms with Gasteiger partial charge in [-0.3, -0.25) is 0 Å². The zero-order chi connectivity index (χ0) is 23.3. The summed E-state index contributed by atoms with van der Waals surface area (Å²) in [6, 6.07) is 28.7. The van der Waals surface area contributed by atoms with E-state index in [1.165, 1.54) is 15.4 Å². The van der Waals surface area contributed by atoms with E-state index in [1.807, 2.05) is 43.3 Å². The van der Waals surface area contributed by atoms with Crippen molar-refractivity contribution in [3.63, 3.8) is 0 Å². The first-order valence-corrected chi connectivity index (χ1v) is 12.6. The first kappa shape index (κ1) is 23.0. The van der Waals surface area contributed by atoms with Gasteiger partial charge in [0.1, 0.15) is 0 Å². The fourth-order valence-electron chi connectivity index (χ4n) is 4.43. The summed E-state index contributed by atoms with van der Waals surface area (Å²) in [5.41, 5.74) is 0.775. The van der Waals surface area contributed by atoms with E-state index in [0.29, 0.717) is 5.56 Å². The summed E-state index contributed by atoms with van der Waals surface area (Å²) in [4.78, 5) is 16.7. The molecular formula is C30H29O2S+. The third-order valence-corrected chi connectivity index (χ3v) is 8.48. The Morgan fingerprint density at radius 1 is 0.939 bits per heavy atom. The Labute approximate surface area is 200 Å². The van der Waals surface area contributed by atoms with Crippen LogP contribution in [0.4, 0.5) is 0 Å². The largest absolute Gasteiger partial charge is 0.442 e. The number of hydrogen-bond donors (Lipinski definition) is 0. The van der Waals surface area contributed by atoms with Crippen LogP contribution in [-0.4, -0.2) is 11.6 Å². The van der Waals surface area contributed by atoms with Crippen LogP contribution in [-0.2, 0) is 15.6 Å². The Bertz CT molecular complexity index is 1120. The molecule has 2 nitrogen and oxygen atoms in total. The van der Waals surface area contributed by atoms with Crippen LogP contribution in [0.1, 0.15) is 43.5 Å². The molecule has 0 bridgehead atoms. The molecule has 0 N–H and O–H groups in total. The van der Waals surface area contributed by atoms with Gasteiger partial charge in [-0.05, 0) is 81.6 Å². The second-order valence-electron chi connectivity index (χ2n) is 8.53. The number of esters is 1. The van der Waals surface area contributed by atoms with Gasteiger partial charge < -0.3 is 4.74 Å². The van der Waals surface area contributed by atoms with Gasteiger partial charge in [-0.25, -0.2) is 4.79 Å². The van der Waals surface area contributed by atoms with E-state index < -0.39 is 5.60 Å². The third-order valence-electron chi connectivity index (χ3n) is 6.25. The Morgan fingerprint density at radius 3 is 2.00 bits per heavy atom. The van der Waals surface area contributed by atoms with Gasteiger partial charge >= 0.3 is 5.97 Å². The Hall–Kier alpha value is -3.22. The Balaban J connectivity index is 1.59. The van der Waals surface area contributed by atoms with E-state index >= 15 is 0 Å². The number of allylic oxidation sites excluding steroid dienone is 1. The first-order valence-electron chi connectivity index (χ1n) is 11.3. The number of hydrogen-bond acceptors (Lipinski definition) is 2. The number of carbonyl (C=O) groups is 1. The van der Waals surface area contributed by atoms with E-state index in [2.05, 4.69) is 67.5 Å². The van der Waals surface area contributed by atoms with Crippen molar-refractivity contribution in [1.29, 1.82) is 0 Å². The summed E-state index contributed by atoms with van der Waals surface area (Å²) in [7, 11) is -0.257. The number of rotatable bonds is 6. The van der Waals surface area contributed by atoms with Gasteiger partial charge in [0.25, 0.3) is 0 Å². The summed E-state index contributed by atoms with van der Waals surface area (Å²) in [5.74, 6) is 2.45. The molecule has 1 aliphatic carbocycles. The number of ether oxygens (including phenoxy) is 1. The zero-order valence-corrected chi connectivity index (χ0v) is 20.0. The summed E-state index contributed by atoms with van der Waals surface area (Å²) >= 11 is 0. The van der Waals surface area contributed by atoms with Gasteiger partial charge in [-0.2, -0.15) is 0 Å². The van der Waals surface area contributed by atoms with Gasteiger partial charge in [0.2, 0.25) is 0 Å². The van der Waals surface area contributed by atoms with Crippen LogP contribution in [0.2, 0.25) is 0 Å². The molecule has 0 aromatic heterocycles. The molecule has 1 aliphatic rings. The summed E-state index contributed by atoms with van der Waals surface area (Å²) in [6.45, 7) is 3.94. The van der Waals surface area contributed by atoms with Crippen molar-refractivity contribution in [2.45, 2.75) is 53.4 Å². The molecule has 0 spiro atoms. The monoisotopic (exact) mass is 453 g/mol. The molecule has 3 heteroatoms. The predicted molar refractivity (Wildman–Crippen MR) is 135 cm³/mol. The van der Waals surface area contributed by atoms with Gasteiger partial charge in [-0.1, -0.05) is 54.0 Å². The summed E-state index contributed by atoms with van der Waals surface area (Å²) in [6.07, 6.45) is 11.1. The minimum Gasteiger partial charge on any atom is -0.442 e. The van der Waals surface area contributed by atoms with Crippen LogP contribution in [0.3, 0.4) is 0 Å². The van der Waals surface area contributed by atoms with Crippen molar-refractivity contribution in [3.8, 4) is 12.3 Å². The first-order chi connectivity index (χ1) is 16.0. The molecule has 0 fully saturated rings. The molecular weight excluding hydrogens is 424 g/mol. The normalized spacial score (nSPS) is 17.5. The highest BCUT2D eigenvalue weighted by molar-refractivity contribution is 7.97. The fraction of sp³-hybridized carbons (Fsp3) is 0.233. The van der Waals surface area contributed by atoms with Crippen LogP contribution in [0.15, 0.2) is 111 Å². The van der Waals surface area contributed by atoms with Crippen molar-refractivity contribution >= 4 is 16.9 Å². The molecule has 3 aromatic rings. The molecule has 0 aliphatic heterocycles. The third kappa shape index (κ3) is 5.07. The quantitative estimate of drug-likeness (QED) is 0.173. The highest BCUT2D eigenvalue weighted by atomic mass is 32.2. The molecule has 0 saturated heterocycles. The maximum Gasteiger partial charge on any atom is 0.339 e. The number of terminal acetylenes is 1. The van der Waals surface area contributed by atoms with E-state index in [0.717, 1.165) is 24.2 Å². The second-order valence-corrected chi connectivity index (χ2v) is 10.6. The highest BCUT2D eigenvalue weighted by Crippen LogP contribution is 2.36. The molecule has 2 unspecified atom stereocenters. The topological polar surface area (TPSA) is 26.3 Å². The minimum absolute atomic E-state index is 0.0569. The molecule has 4 rings (SSSR count). The van der Waals surface area contributed by atoms with Gasteiger partial charge in [0, 0.05) is 5.92 Å². The van der Waals surface area contributed by atoms with Crippen LogP contribution >= 0.6 is 0 Å². The van der Waals surface area contributed by atoms with Crippen molar-refractivity contribution in [1.82, 2.24) is 0 Å². The molecule has 0 saturated carbocycles. The lowest BCUT2D eigenvalue weighted by atomic mass is 9.77. The lowest BCUT2D eigenvalue weighted by molar-refractivity contribution is -0.00498. The van der Waals surface area contributed by atoms with Crippen LogP contribution in [0.5, 0.6) is 0 Å². The zero-order valence-electron chi connectivity index (χ0n) is 19.2. The SMILES string of the molecule is C#CC(C)(OC(=O)c1ccc([S+](c2ccccc2)c2ccccc2)cc1)C1CCCC=C1C. The molecule has 2 atom stereocenters. The van der Waals surface area contributed by atoms with Crippen molar-refractivity contribution in [2.75, 3.05) is 0 Å². The van der Waals surface area contributed by atoms with Gasteiger partial charge in [-0.15, -0.1) is 6.42 Å². The van der Waals surface area contributed by atoms with E-state index in [1.54, 1.807) is 0 Å². The average molecular weight is 454 g/mol. The smallest absolute Gasteiger partial charge is 0.339 e. The molecule has 0 amide bonds. The Kier molecular flexibility index (Phi) is 7.06. The molecule has 33 heavy (non-hydrogen) atoms. The molecule has 3 aromatic carbocycles. The van der Waals surface area contributed by atoms with Crippen LogP contribution in [0, 0.1) is 18.3 Å². The van der Waals surface area contributed by atoms with Gasteiger partial charge in [0.15, 0.2) is 20.3 Å². The summed E-state index contributed by atoms with van der Waals surface area (Å²) in [5, 5.41) is 0. The lowest BCUT2D eigenvalue weighted by Gasteiger charge is -2.35. The van der Waals surface area contributed by atoms with Crippen LogP contribution < -0.4 is 0 Å². The van der Waals surface area contributed by atoms with Crippen molar-refractivity contribution in [2.24, 2.45) is 5.92 Å². The number of benzene rings is 3. The average Bonchev–Trinajstić information content (AvgIpc) is 2.86. The molecule has 0 heterocycles. The van der Waals surface area contributed by atoms with Crippen molar-refractivity contribution < 1.29 is 9.53 Å². The number of carbonyl (C=O) groups excluding carboxylic acids is 1.